The highest BCUT2D eigenvalue weighted by molar-refractivity contribution is 5.70. The maximum atomic E-state index is 13.9. The van der Waals surface area contributed by atoms with Crippen LogP contribution in [0.2, 0.25) is 0 Å². The van der Waals surface area contributed by atoms with E-state index in [1.54, 1.807) is 28.8 Å². The summed E-state index contributed by atoms with van der Waals surface area (Å²) < 4.78 is 26.2. The summed E-state index contributed by atoms with van der Waals surface area (Å²) in [5, 5.41) is 4.73. The molecule has 1 fully saturated rings. The number of carbonyl (C=O) groups is 1. The van der Waals surface area contributed by atoms with Gasteiger partial charge in [0.15, 0.2) is 5.65 Å². The first-order valence-corrected chi connectivity index (χ1v) is 9.85. The lowest BCUT2D eigenvalue weighted by molar-refractivity contribution is 0.0751. The van der Waals surface area contributed by atoms with Crippen molar-refractivity contribution in [2.75, 3.05) is 38.2 Å². The largest absolute Gasteiger partial charge is 0.496 e. The Bertz CT molecular complexity index is 1060. The van der Waals surface area contributed by atoms with Crippen LogP contribution in [0.1, 0.15) is 13.8 Å². The van der Waals surface area contributed by atoms with E-state index in [0.717, 1.165) is 5.82 Å². The van der Waals surface area contributed by atoms with E-state index in [2.05, 4.69) is 9.88 Å². The molecule has 158 valence electrons. The number of carbonyl (C=O) groups excluding carboxylic acids is 1. The van der Waals surface area contributed by atoms with Gasteiger partial charge in [-0.05, 0) is 44.2 Å². The molecule has 0 bridgehead atoms. The highest BCUT2D eigenvalue weighted by atomic mass is 19.1. The van der Waals surface area contributed by atoms with E-state index in [1.165, 1.54) is 12.1 Å². The second-order valence-electron chi connectivity index (χ2n) is 7.36. The summed E-state index contributed by atoms with van der Waals surface area (Å²) in [7, 11) is 1.54. The van der Waals surface area contributed by atoms with Gasteiger partial charge < -0.3 is 19.3 Å². The fourth-order valence-corrected chi connectivity index (χ4v) is 3.49. The van der Waals surface area contributed by atoms with Crippen LogP contribution in [0.4, 0.5) is 15.0 Å². The maximum Gasteiger partial charge on any atom is 0.410 e. The van der Waals surface area contributed by atoms with Crippen LogP contribution in [-0.4, -0.2) is 65.0 Å². The van der Waals surface area contributed by atoms with Gasteiger partial charge in [0.05, 0.1) is 25.1 Å². The standard InChI is InChI=1S/C21H24FN5O3/c1-14(2)30-21(28)26-10-8-25(9-11-26)20-7-6-19-23-13-17(27(19)24-20)16-12-15(22)4-5-18(16)29-3/h4-7,12-14H,8-11H2,1-3H3. The summed E-state index contributed by atoms with van der Waals surface area (Å²) in [6, 6.07) is 8.13. The third-order valence-corrected chi connectivity index (χ3v) is 4.98. The van der Waals surface area contributed by atoms with E-state index in [1.807, 2.05) is 26.0 Å². The molecule has 2 aromatic heterocycles. The zero-order chi connectivity index (χ0) is 21.3. The van der Waals surface area contributed by atoms with Gasteiger partial charge in [-0.25, -0.2) is 18.7 Å². The number of nitrogens with zero attached hydrogens (tertiary/aromatic N) is 5. The SMILES string of the molecule is COc1ccc(F)cc1-c1cnc2ccc(N3CCN(C(=O)OC(C)C)CC3)nn12. The number of fused-ring (bicyclic) bond motifs is 1. The summed E-state index contributed by atoms with van der Waals surface area (Å²) in [5.41, 5.74) is 1.87. The van der Waals surface area contributed by atoms with E-state index in [0.29, 0.717) is 48.8 Å². The van der Waals surface area contributed by atoms with Gasteiger partial charge in [0.2, 0.25) is 0 Å². The Balaban J connectivity index is 1.59. The van der Waals surface area contributed by atoms with Gasteiger partial charge in [-0.3, -0.25) is 0 Å². The molecule has 1 aliphatic rings. The normalized spacial score (nSPS) is 14.4. The van der Waals surface area contributed by atoms with Crippen LogP contribution in [-0.2, 0) is 4.74 Å². The van der Waals surface area contributed by atoms with Crippen LogP contribution >= 0.6 is 0 Å². The first kappa shape index (κ1) is 19.9. The van der Waals surface area contributed by atoms with Crippen molar-refractivity contribution in [3.05, 3.63) is 42.3 Å². The van der Waals surface area contributed by atoms with Gasteiger partial charge in [0, 0.05) is 31.7 Å². The van der Waals surface area contributed by atoms with Gasteiger partial charge in [0.1, 0.15) is 17.4 Å². The topological polar surface area (TPSA) is 72.2 Å². The molecule has 0 aliphatic carbocycles. The van der Waals surface area contributed by atoms with E-state index in [4.69, 9.17) is 14.6 Å². The minimum Gasteiger partial charge on any atom is -0.496 e. The minimum atomic E-state index is -0.360. The average molecular weight is 413 g/mol. The lowest BCUT2D eigenvalue weighted by atomic mass is 10.1. The molecule has 0 unspecified atom stereocenters. The summed E-state index contributed by atoms with van der Waals surface area (Å²) >= 11 is 0. The number of benzene rings is 1. The Morgan fingerprint density at radius 2 is 1.90 bits per heavy atom. The molecule has 1 saturated heterocycles. The Labute approximate surface area is 173 Å². The average Bonchev–Trinajstić information content (AvgIpc) is 3.16. The molecule has 9 heteroatoms. The summed E-state index contributed by atoms with van der Waals surface area (Å²) in [4.78, 5) is 20.3. The van der Waals surface area contributed by atoms with Crippen molar-refractivity contribution in [1.82, 2.24) is 19.5 Å². The fourth-order valence-electron chi connectivity index (χ4n) is 3.49. The molecule has 3 heterocycles. The molecule has 8 nitrogen and oxygen atoms in total. The van der Waals surface area contributed by atoms with Crippen molar-refractivity contribution in [3.8, 4) is 17.0 Å². The second-order valence-corrected chi connectivity index (χ2v) is 7.36. The van der Waals surface area contributed by atoms with Crippen LogP contribution in [0.25, 0.3) is 16.9 Å². The van der Waals surface area contributed by atoms with E-state index in [9.17, 15) is 9.18 Å². The van der Waals surface area contributed by atoms with E-state index < -0.39 is 0 Å². The van der Waals surface area contributed by atoms with Gasteiger partial charge in [-0.15, -0.1) is 5.10 Å². The van der Waals surface area contributed by atoms with Crippen molar-refractivity contribution in [2.24, 2.45) is 0 Å². The lowest BCUT2D eigenvalue weighted by Gasteiger charge is -2.35. The maximum absolute atomic E-state index is 13.9. The predicted octanol–water partition coefficient (Wildman–Crippen LogP) is 3.21. The Hall–Kier alpha value is -3.36. The summed E-state index contributed by atoms with van der Waals surface area (Å²) in [6.45, 7) is 6.06. The Morgan fingerprint density at radius 1 is 1.13 bits per heavy atom. The van der Waals surface area contributed by atoms with Crippen molar-refractivity contribution in [3.63, 3.8) is 0 Å². The van der Waals surface area contributed by atoms with Crippen LogP contribution in [0.5, 0.6) is 5.75 Å². The quantitative estimate of drug-likeness (QED) is 0.654. The molecule has 1 amide bonds. The summed E-state index contributed by atoms with van der Waals surface area (Å²) in [6.07, 6.45) is 1.23. The Kier molecular flexibility index (Phi) is 5.43. The van der Waals surface area contributed by atoms with Crippen molar-refractivity contribution < 1.29 is 18.7 Å². The molecule has 1 aromatic carbocycles. The molecule has 3 aromatic rings. The number of rotatable bonds is 4. The number of hydrogen-bond acceptors (Lipinski definition) is 6. The number of hydrogen-bond donors (Lipinski definition) is 0. The number of piperazine rings is 1. The van der Waals surface area contributed by atoms with Crippen LogP contribution in [0.3, 0.4) is 0 Å². The van der Waals surface area contributed by atoms with Gasteiger partial charge in [0.25, 0.3) is 0 Å². The highest BCUT2D eigenvalue weighted by Crippen LogP contribution is 2.31. The number of anilines is 1. The molecule has 30 heavy (non-hydrogen) atoms. The fraction of sp³-hybridized carbons (Fsp3) is 0.381. The molecule has 0 radical (unpaired) electrons. The lowest BCUT2D eigenvalue weighted by Crippen LogP contribution is -2.49. The number of ether oxygens (including phenoxy) is 2. The van der Waals surface area contributed by atoms with Crippen LogP contribution in [0.15, 0.2) is 36.5 Å². The smallest absolute Gasteiger partial charge is 0.410 e. The van der Waals surface area contributed by atoms with Gasteiger partial charge in [-0.2, -0.15) is 0 Å². The van der Waals surface area contributed by atoms with Crippen molar-refractivity contribution >= 4 is 17.6 Å². The van der Waals surface area contributed by atoms with E-state index in [-0.39, 0.29) is 18.0 Å². The van der Waals surface area contributed by atoms with Crippen LogP contribution in [0, 0.1) is 5.82 Å². The monoisotopic (exact) mass is 413 g/mol. The van der Waals surface area contributed by atoms with Gasteiger partial charge in [-0.1, -0.05) is 0 Å². The molecule has 0 spiro atoms. The van der Waals surface area contributed by atoms with E-state index >= 15 is 0 Å². The number of halogens is 1. The van der Waals surface area contributed by atoms with Crippen molar-refractivity contribution in [2.45, 2.75) is 20.0 Å². The number of imidazole rings is 1. The molecular weight excluding hydrogens is 389 g/mol. The third kappa shape index (κ3) is 3.87. The Morgan fingerprint density at radius 3 is 2.60 bits per heavy atom. The number of amides is 1. The zero-order valence-electron chi connectivity index (χ0n) is 17.2. The number of methoxy groups -OCH3 is 1. The zero-order valence-corrected chi connectivity index (χ0v) is 17.2. The minimum absolute atomic E-state index is 0.140. The molecule has 1 aliphatic heterocycles. The molecule has 0 atom stereocenters. The van der Waals surface area contributed by atoms with Crippen LogP contribution < -0.4 is 9.64 Å². The predicted molar refractivity (Wildman–Crippen MR) is 110 cm³/mol. The van der Waals surface area contributed by atoms with Crippen molar-refractivity contribution in [1.29, 1.82) is 0 Å². The first-order valence-electron chi connectivity index (χ1n) is 9.85. The molecular formula is C21H24FN5O3. The molecule has 0 saturated carbocycles. The molecule has 4 rings (SSSR count). The summed E-state index contributed by atoms with van der Waals surface area (Å²) in [5.74, 6) is 0.943. The first-order chi connectivity index (χ1) is 14.5. The third-order valence-electron chi connectivity index (χ3n) is 4.98. The number of aromatic nitrogens is 3. The van der Waals surface area contributed by atoms with Gasteiger partial charge >= 0.3 is 6.09 Å². The second kappa shape index (κ2) is 8.17. The highest BCUT2D eigenvalue weighted by Gasteiger charge is 2.24. The molecule has 0 N–H and O–H groups in total.